The minimum atomic E-state index is -0.0786. The fraction of sp³-hybridized carbons (Fsp3) is 0.200. The van der Waals surface area contributed by atoms with Gasteiger partial charge in [0.15, 0.2) is 0 Å². The Balaban J connectivity index is 1.36. The van der Waals surface area contributed by atoms with Gasteiger partial charge in [0.25, 0.3) is 5.91 Å². The van der Waals surface area contributed by atoms with Crippen molar-refractivity contribution in [2.75, 3.05) is 17.6 Å². The molecule has 0 aromatic heterocycles. The number of anilines is 2. The molecule has 0 saturated heterocycles. The molecule has 0 fully saturated rings. The van der Waals surface area contributed by atoms with Gasteiger partial charge in [-0.1, -0.05) is 61.0 Å². The zero-order valence-electron chi connectivity index (χ0n) is 16.9. The molecule has 4 N–H and O–H groups in total. The number of rotatable bonds is 9. The molecule has 2 amide bonds. The molecule has 0 unspecified atom stereocenters. The summed E-state index contributed by atoms with van der Waals surface area (Å²) in [6, 6.07) is 24.8. The van der Waals surface area contributed by atoms with E-state index in [9.17, 15) is 9.59 Å². The fourth-order valence-electron chi connectivity index (χ4n) is 3.19. The molecule has 3 aromatic rings. The first-order valence-corrected chi connectivity index (χ1v) is 10.2. The van der Waals surface area contributed by atoms with Crippen LogP contribution in [0.1, 0.15) is 36.0 Å². The van der Waals surface area contributed by atoms with Crippen LogP contribution >= 0.6 is 0 Å². The van der Waals surface area contributed by atoms with Crippen molar-refractivity contribution in [3.8, 4) is 11.1 Å². The summed E-state index contributed by atoms with van der Waals surface area (Å²) in [5.41, 5.74) is 9.79. The van der Waals surface area contributed by atoms with Crippen LogP contribution in [0.15, 0.2) is 78.9 Å². The van der Waals surface area contributed by atoms with Gasteiger partial charge in [0, 0.05) is 18.5 Å². The first-order chi connectivity index (χ1) is 14.6. The van der Waals surface area contributed by atoms with Gasteiger partial charge < -0.3 is 16.4 Å². The van der Waals surface area contributed by atoms with E-state index in [2.05, 4.69) is 10.6 Å². The number of nitrogens with two attached hydrogens (primary N) is 1. The normalized spacial score (nSPS) is 10.4. The number of carbonyl (C=O) groups is 2. The monoisotopic (exact) mass is 401 g/mol. The molecule has 0 bridgehead atoms. The molecule has 0 radical (unpaired) electrons. The fourth-order valence-corrected chi connectivity index (χ4v) is 3.19. The number of hydrogen-bond donors (Lipinski definition) is 3. The number of carbonyl (C=O) groups excluding carboxylic acids is 2. The average Bonchev–Trinajstić information content (AvgIpc) is 2.78. The van der Waals surface area contributed by atoms with E-state index in [1.54, 1.807) is 12.1 Å². The predicted octanol–water partition coefficient (Wildman–Crippen LogP) is 4.86. The number of nitrogens with one attached hydrogen (secondary N) is 2. The van der Waals surface area contributed by atoms with Gasteiger partial charge in [-0.3, -0.25) is 9.59 Å². The van der Waals surface area contributed by atoms with Crippen LogP contribution in [0.5, 0.6) is 0 Å². The number of para-hydroxylation sites is 2. The van der Waals surface area contributed by atoms with Crippen LogP contribution in [0.2, 0.25) is 0 Å². The molecular formula is C25H27N3O2. The van der Waals surface area contributed by atoms with Gasteiger partial charge in [-0.05, 0) is 48.2 Å². The van der Waals surface area contributed by atoms with Crippen molar-refractivity contribution < 1.29 is 9.59 Å². The average molecular weight is 402 g/mol. The Morgan fingerprint density at radius 3 is 2.30 bits per heavy atom. The van der Waals surface area contributed by atoms with Crippen molar-refractivity contribution in [2.24, 2.45) is 0 Å². The van der Waals surface area contributed by atoms with Crippen LogP contribution in [0.25, 0.3) is 11.1 Å². The minimum absolute atomic E-state index is 0.0466. The lowest BCUT2D eigenvalue weighted by molar-refractivity contribution is -0.116. The Labute approximate surface area is 177 Å². The highest BCUT2D eigenvalue weighted by atomic mass is 16.2. The Morgan fingerprint density at radius 1 is 0.767 bits per heavy atom. The minimum Gasteiger partial charge on any atom is -0.397 e. The van der Waals surface area contributed by atoms with E-state index in [4.69, 9.17) is 5.73 Å². The Hall–Kier alpha value is -3.60. The molecular weight excluding hydrogens is 374 g/mol. The summed E-state index contributed by atoms with van der Waals surface area (Å²) in [7, 11) is 0. The summed E-state index contributed by atoms with van der Waals surface area (Å²) in [6.07, 6.45) is 2.88. The molecule has 3 aromatic carbocycles. The molecule has 0 spiro atoms. The molecule has 5 nitrogen and oxygen atoms in total. The summed E-state index contributed by atoms with van der Waals surface area (Å²) < 4.78 is 0. The van der Waals surface area contributed by atoms with Crippen LogP contribution in [-0.2, 0) is 4.79 Å². The lowest BCUT2D eigenvalue weighted by Gasteiger charge is -2.08. The third-order valence-corrected chi connectivity index (χ3v) is 4.83. The molecule has 3 rings (SSSR count). The maximum absolute atomic E-state index is 12.4. The predicted molar refractivity (Wildman–Crippen MR) is 122 cm³/mol. The van der Waals surface area contributed by atoms with E-state index in [-0.39, 0.29) is 11.8 Å². The number of unbranched alkanes of at least 4 members (excludes halogenated alkanes) is 2. The summed E-state index contributed by atoms with van der Waals surface area (Å²) >= 11 is 0. The smallest absolute Gasteiger partial charge is 0.251 e. The van der Waals surface area contributed by atoms with Gasteiger partial charge in [0.05, 0.1) is 11.4 Å². The molecule has 0 atom stereocenters. The maximum atomic E-state index is 12.4. The topological polar surface area (TPSA) is 84.2 Å². The molecule has 30 heavy (non-hydrogen) atoms. The van der Waals surface area contributed by atoms with Gasteiger partial charge in [0.1, 0.15) is 0 Å². The second-order valence-electron chi connectivity index (χ2n) is 7.15. The zero-order valence-corrected chi connectivity index (χ0v) is 16.9. The van der Waals surface area contributed by atoms with E-state index >= 15 is 0 Å². The molecule has 5 heteroatoms. The third-order valence-electron chi connectivity index (χ3n) is 4.83. The van der Waals surface area contributed by atoms with Gasteiger partial charge in [0.2, 0.25) is 5.91 Å². The van der Waals surface area contributed by atoms with Crippen LogP contribution in [-0.4, -0.2) is 18.4 Å². The van der Waals surface area contributed by atoms with Gasteiger partial charge in [-0.2, -0.15) is 0 Å². The second kappa shape index (κ2) is 10.8. The summed E-state index contributed by atoms with van der Waals surface area (Å²) in [4.78, 5) is 24.4. The lowest BCUT2D eigenvalue weighted by Crippen LogP contribution is -2.24. The Morgan fingerprint density at radius 2 is 1.50 bits per heavy atom. The van der Waals surface area contributed by atoms with Crippen molar-refractivity contribution in [2.45, 2.75) is 25.7 Å². The summed E-state index contributed by atoms with van der Waals surface area (Å²) in [5.74, 6) is -0.125. The zero-order chi connectivity index (χ0) is 21.2. The van der Waals surface area contributed by atoms with Crippen molar-refractivity contribution in [1.82, 2.24) is 5.32 Å². The second-order valence-corrected chi connectivity index (χ2v) is 7.15. The summed E-state index contributed by atoms with van der Waals surface area (Å²) in [6.45, 7) is 0.585. The Bertz CT molecular complexity index is 986. The standard InChI is InChI=1S/C25H27N3O2/c26-22-14-6-7-15-23(22)28-24(29)16-5-2-8-17-27-25(30)21-13-9-12-20(18-21)19-10-3-1-4-11-19/h1,3-4,6-7,9-15,18H,2,5,8,16-17,26H2,(H,27,30)(H,28,29). The van der Waals surface area contributed by atoms with E-state index in [1.165, 1.54) is 0 Å². The largest absolute Gasteiger partial charge is 0.397 e. The van der Waals surface area contributed by atoms with Crippen molar-refractivity contribution in [3.05, 3.63) is 84.4 Å². The number of benzene rings is 3. The number of hydrogen-bond acceptors (Lipinski definition) is 3. The van der Waals surface area contributed by atoms with Gasteiger partial charge >= 0.3 is 0 Å². The maximum Gasteiger partial charge on any atom is 0.251 e. The number of amides is 2. The molecule has 0 aliphatic heterocycles. The first kappa shape index (κ1) is 21.1. The molecule has 0 saturated carbocycles. The molecule has 0 aliphatic rings. The highest BCUT2D eigenvalue weighted by molar-refractivity contribution is 5.95. The van der Waals surface area contributed by atoms with Gasteiger partial charge in [-0.25, -0.2) is 0 Å². The van der Waals surface area contributed by atoms with Crippen LogP contribution in [0, 0.1) is 0 Å². The highest BCUT2D eigenvalue weighted by Gasteiger charge is 2.07. The quantitative estimate of drug-likeness (QED) is 0.353. The van der Waals surface area contributed by atoms with E-state index in [0.717, 1.165) is 30.4 Å². The van der Waals surface area contributed by atoms with E-state index in [0.29, 0.717) is 29.9 Å². The highest BCUT2D eigenvalue weighted by Crippen LogP contribution is 2.20. The van der Waals surface area contributed by atoms with Crippen molar-refractivity contribution in [1.29, 1.82) is 0 Å². The van der Waals surface area contributed by atoms with E-state index in [1.807, 2.05) is 66.7 Å². The van der Waals surface area contributed by atoms with Crippen molar-refractivity contribution >= 4 is 23.2 Å². The molecule has 154 valence electrons. The van der Waals surface area contributed by atoms with Gasteiger partial charge in [-0.15, -0.1) is 0 Å². The SMILES string of the molecule is Nc1ccccc1NC(=O)CCCCCNC(=O)c1cccc(-c2ccccc2)c1. The molecule has 0 aliphatic carbocycles. The molecule has 0 heterocycles. The summed E-state index contributed by atoms with van der Waals surface area (Å²) in [5, 5.41) is 5.78. The van der Waals surface area contributed by atoms with Crippen LogP contribution in [0.4, 0.5) is 11.4 Å². The number of nitrogen functional groups attached to an aromatic ring is 1. The third kappa shape index (κ3) is 6.21. The first-order valence-electron chi connectivity index (χ1n) is 10.2. The van der Waals surface area contributed by atoms with Crippen molar-refractivity contribution in [3.63, 3.8) is 0 Å². The lowest BCUT2D eigenvalue weighted by atomic mass is 10.0. The van der Waals surface area contributed by atoms with E-state index < -0.39 is 0 Å². The van der Waals surface area contributed by atoms with Crippen LogP contribution < -0.4 is 16.4 Å². The Kier molecular flexibility index (Phi) is 7.61. The van der Waals surface area contributed by atoms with Crippen LogP contribution in [0.3, 0.4) is 0 Å².